The fourth-order valence-electron chi connectivity index (χ4n) is 4.61. The first-order valence-electron chi connectivity index (χ1n) is 12.8. The van der Waals surface area contributed by atoms with Gasteiger partial charge in [0.05, 0.1) is 5.69 Å². The summed E-state index contributed by atoms with van der Waals surface area (Å²) in [4.78, 5) is 45.0. The highest BCUT2D eigenvalue weighted by atomic mass is 16.5. The van der Waals surface area contributed by atoms with Crippen LogP contribution in [0.5, 0.6) is 5.75 Å². The molecule has 0 atom stereocenters. The lowest BCUT2D eigenvalue weighted by Gasteiger charge is -2.33. The summed E-state index contributed by atoms with van der Waals surface area (Å²) in [6.07, 6.45) is 2.42. The molecule has 0 bridgehead atoms. The van der Waals surface area contributed by atoms with Crippen LogP contribution in [0.25, 0.3) is 11.1 Å². The van der Waals surface area contributed by atoms with E-state index in [9.17, 15) is 19.5 Å². The normalized spacial score (nSPS) is 13.6. The fourth-order valence-corrected chi connectivity index (χ4v) is 4.61. The number of ether oxygens (including phenoxy) is 1. The summed E-state index contributed by atoms with van der Waals surface area (Å²) in [5.41, 5.74) is 4.38. The smallest absolute Gasteiger partial charge is 0.322 e. The Morgan fingerprint density at radius 2 is 1.62 bits per heavy atom. The van der Waals surface area contributed by atoms with Crippen LogP contribution in [0.1, 0.15) is 47.3 Å². The van der Waals surface area contributed by atoms with E-state index in [1.807, 2.05) is 24.3 Å². The molecule has 10 heteroatoms. The maximum Gasteiger partial charge on any atom is 0.322 e. The summed E-state index contributed by atoms with van der Waals surface area (Å²) in [7, 11) is 0. The molecule has 1 fully saturated rings. The van der Waals surface area contributed by atoms with Gasteiger partial charge in [-0.25, -0.2) is 9.97 Å². The first-order valence-corrected chi connectivity index (χ1v) is 12.8. The number of rotatable bonds is 9. The number of hydrogen-bond acceptors (Lipinski definition) is 8. The molecule has 0 spiro atoms. The number of esters is 1. The lowest BCUT2D eigenvalue weighted by Crippen LogP contribution is -2.34. The minimum absolute atomic E-state index is 0.199. The molecule has 204 valence electrons. The minimum Gasteiger partial charge on any atom is -0.504 e. The molecule has 0 saturated carbocycles. The number of piperidine rings is 1. The highest BCUT2D eigenvalue weighted by Crippen LogP contribution is 2.29. The third-order valence-corrected chi connectivity index (χ3v) is 6.77. The van der Waals surface area contributed by atoms with Crippen molar-refractivity contribution < 1.29 is 29.3 Å². The van der Waals surface area contributed by atoms with Gasteiger partial charge in [0.1, 0.15) is 19.0 Å². The summed E-state index contributed by atoms with van der Waals surface area (Å²) in [5, 5.41) is 21.2. The molecular weight excluding hydrogens is 500 g/mol. The average molecular weight is 533 g/mol. The second-order valence-corrected chi connectivity index (χ2v) is 9.66. The number of aliphatic carboxylic acids is 1. The number of aromatic nitrogens is 2. The van der Waals surface area contributed by atoms with Crippen molar-refractivity contribution in [1.29, 1.82) is 0 Å². The monoisotopic (exact) mass is 532 g/mol. The van der Waals surface area contributed by atoms with E-state index in [1.165, 1.54) is 6.92 Å². The number of carboxylic acids is 1. The summed E-state index contributed by atoms with van der Waals surface area (Å²) in [6.45, 7) is 4.45. The molecule has 3 aromatic rings. The van der Waals surface area contributed by atoms with Crippen molar-refractivity contribution in [2.45, 2.75) is 39.7 Å². The zero-order chi connectivity index (χ0) is 27.9. The van der Waals surface area contributed by atoms with Gasteiger partial charge in [-0.15, -0.1) is 0 Å². The zero-order valence-corrected chi connectivity index (χ0v) is 22.0. The number of carboxylic acid groups (broad SMARTS) is 1. The molecular formula is C29H32N4O6. The van der Waals surface area contributed by atoms with Gasteiger partial charge in [0.2, 0.25) is 0 Å². The van der Waals surface area contributed by atoms with Crippen molar-refractivity contribution in [2.24, 2.45) is 5.92 Å². The number of benzene rings is 2. The van der Waals surface area contributed by atoms with Gasteiger partial charge in [-0.3, -0.25) is 14.4 Å². The molecule has 3 N–H and O–H groups in total. The van der Waals surface area contributed by atoms with E-state index in [0.29, 0.717) is 18.2 Å². The number of carbonyl (C=O) groups excluding carboxylic acids is 2. The van der Waals surface area contributed by atoms with E-state index in [0.717, 1.165) is 48.3 Å². The number of carbonyl (C=O) groups is 3. The Morgan fingerprint density at radius 1 is 1.00 bits per heavy atom. The number of anilines is 1. The zero-order valence-electron chi connectivity index (χ0n) is 22.0. The third-order valence-electron chi connectivity index (χ3n) is 6.77. The van der Waals surface area contributed by atoms with E-state index < -0.39 is 18.4 Å². The van der Waals surface area contributed by atoms with E-state index in [2.05, 4.69) is 44.5 Å². The Hall–Kier alpha value is -4.47. The molecule has 39 heavy (non-hydrogen) atoms. The number of aryl methyl sites for hydroxylation is 1. The van der Waals surface area contributed by atoms with Crippen LogP contribution in [0.3, 0.4) is 0 Å². The van der Waals surface area contributed by atoms with Crippen molar-refractivity contribution in [2.75, 3.05) is 24.5 Å². The molecule has 4 rings (SSSR count). The Bertz CT molecular complexity index is 1330. The van der Waals surface area contributed by atoms with Gasteiger partial charge in [0.15, 0.2) is 11.4 Å². The van der Waals surface area contributed by atoms with E-state index in [4.69, 9.17) is 9.84 Å². The fraction of sp³-hybridized carbons (Fsp3) is 0.345. The number of nitrogens with one attached hydrogen (secondary N) is 1. The molecule has 0 aliphatic carbocycles. The number of amides is 1. The van der Waals surface area contributed by atoms with Crippen LogP contribution in [0.4, 0.5) is 5.69 Å². The lowest BCUT2D eigenvalue weighted by molar-refractivity contribution is -0.142. The molecule has 0 unspecified atom stereocenters. The Kier molecular flexibility index (Phi) is 8.75. The summed E-state index contributed by atoms with van der Waals surface area (Å²) < 4.78 is 5.04. The second kappa shape index (κ2) is 12.4. The highest BCUT2D eigenvalue weighted by Gasteiger charge is 2.23. The quantitative estimate of drug-likeness (QED) is 0.353. The van der Waals surface area contributed by atoms with Crippen LogP contribution < -0.4 is 10.2 Å². The van der Waals surface area contributed by atoms with Gasteiger partial charge < -0.3 is 25.2 Å². The van der Waals surface area contributed by atoms with E-state index in [1.54, 1.807) is 6.92 Å². The van der Waals surface area contributed by atoms with Crippen molar-refractivity contribution in [1.82, 2.24) is 15.3 Å². The number of aromatic hydroxyl groups is 1. The summed E-state index contributed by atoms with van der Waals surface area (Å²) in [5.74, 6) is -1.76. The topological polar surface area (TPSA) is 142 Å². The van der Waals surface area contributed by atoms with Gasteiger partial charge in [0, 0.05) is 32.1 Å². The summed E-state index contributed by atoms with van der Waals surface area (Å²) in [6, 6.07) is 16.4. The van der Waals surface area contributed by atoms with Crippen molar-refractivity contribution in [3.63, 3.8) is 0 Å². The van der Waals surface area contributed by atoms with E-state index >= 15 is 0 Å². The van der Waals surface area contributed by atoms with Crippen LogP contribution >= 0.6 is 0 Å². The Labute approximate surface area is 226 Å². The molecule has 0 radical (unpaired) electrons. The standard InChI is InChI=1S/C29H32N4O6/c1-18-28(37)27(29(38)30-16-26(35)36)32-25(31-18)15-20-11-13-33(14-12-20)24-9-7-23(8-10-24)22-5-3-21(4-6-22)17-39-19(2)34/h3-10,20,37H,11-17H2,1-2H3,(H,30,38)(H,35,36). The van der Waals surface area contributed by atoms with Crippen LogP contribution in [-0.4, -0.2) is 57.7 Å². The SMILES string of the molecule is CC(=O)OCc1ccc(-c2ccc(N3CCC(Cc4nc(C)c(O)c(C(=O)NCC(=O)O)n4)CC3)cc2)cc1. The van der Waals surface area contributed by atoms with Crippen molar-refractivity contribution >= 4 is 23.5 Å². The second-order valence-electron chi connectivity index (χ2n) is 9.66. The van der Waals surface area contributed by atoms with Gasteiger partial charge in [-0.05, 0) is 54.5 Å². The van der Waals surface area contributed by atoms with Crippen molar-refractivity contribution in [3.05, 3.63) is 71.3 Å². The average Bonchev–Trinajstić information content (AvgIpc) is 2.93. The molecule has 1 aromatic heterocycles. The summed E-state index contributed by atoms with van der Waals surface area (Å²) >= 11 is 0. The lowest BCUT2D eigenvalue weighted by atomic mass is 9.92. The van der Waals surface area contributed by atoms with Crippen molar-refractivity contribution in [3.8, 4) is 16.9 Å². The van der Waals surface area contributed by atoms with Crippen LogP contribution in [0.15, 0.2) is 48.5 Å². The maximum absolute atomic E-state index is 12.3. The molecule has 10 nitrogen and oxygen atoms in total. The molecule has 2 aromatic carbocycles. The maximum atomic E-state index is 12.3. The first-order chi connectivity index (χ1) is 18.7. The largest absolute Gasteiger partial charge is 0.504 e. The predicted octanol–water partition coefficient (Wildman–Crippen LogP) is 3.49. The highest BCUT2D eigenvalue weighted by molar-refractivity contribution is 5.96. The van der Waals surface area contributed by atoms with E-state index in [-0.39, 0.29) is 29.7 Å². The van der Waals surface area contributed by atoms with Gasteiger partial charge in [-0.2, -0.15) is 0 Å². The number of nitrogens with zero attached hydrogens (tertiary/aromatic N) is 3. The van der Waals surface area contributed by atoms with Crippen LogP contribution in [0, 0.1) is 12.8 Å². The molecule has 1 saturated heterocycles. The number of hydrogen-bond donors (Lipinski definition) is 3. The third kappa shape index (κ3) is 7.31. The van der Waals surface area contributed by atoms with Gasteiger partial charge in [0.25, 0.3) is 5.91 Å². The predicted molar refractivity (Wildman–Crippen MR) is 144 cm³/mol. The molecule has 2 heterocycles. The molecule has 1 aliphatic rings. The molecule has 1 aliphatic heterocycles. The van der Waals surface area contributed by atoms with Crippen LogP contribution in [0.2, 0.25) is 0 Å². The van der Waals surface area contributed by atoms with Gasteiger partial charge in [-0.1, -0.05) is 36.4 Å². The Balaban J connectivity index is 1.33. The molecule has 1 amide bonds. The van der Waals surface area contributed by atoms with Gasteiger partial charge >= 0.3 is 11.9 Å². The van der Waals surface area contributed by atoms with Crippen LogP contribution in [-0.2, 0) is 27.4 Å². The Morgan fingerprint density at radius 3 is 2.21 bits per heavy atom. The first kappa shape index (κ1) is 27.6. The minimum atomic E-state index is -1.18.